The summed E-state index contributed by atoms with van der Waals surface area (Å²) in [6, 6.07) is 41.2. The SMILES string of the molecule is CC(C)(C)[Si](OC[C@H]1O[C@H](O)[C@@H](OCc2ccccc2)[C@H](I)[C@@H]1OCc1ccccc1)(c1ccccc1)c1ccccc1. The highest BCUT2D eigenvalue weighted by atomic mass is 127. The molecule has 4 aromatic carbocycles. The molecule has 0 spiro atoms. The minimum atomic E-state index is -2.82. The number of hydrogen-bond donors (Lipinski definition) is 1. The molecule has 0 aliphatic carbocycles. The van der Waals surface area contributed by atoms with Crippen LogP contribution in [0.5, 0.6) is 0 Å². The predicted molar refractivity (Wildman–Crippen MR) is 182 cm³/mol. The van der Waals surface area contributed by atoms with E-state index in [0.717, 1.165) is 11.1 Å². The first-order valence-electron chi connectivity index (χ1n) is 14.8. The molecule has 1 heterocycles. The Hall–Kier alpha value is -2.37. The maximum Gasteiger partial charge on any atom is 0.261 e. The second kappa shape index (κ2) is 14.6. The van der Waals surface area contributed by atoms with Crippen LogP contribution in [0.25, 0.3) is 0 Å². The maximum atomic E-state index is 11.3. The van der Waals surface area contributed by atoms with Gasteiger partial charge in [0.15, 0.2) is 6.29 Å². The van der Waals surface area contributed by atoms with Gasteiger partial charge in [0.25, 0.3) is 8.32 Å². The molecule has 0 aromatic heterocycles. The summed E-state index contributed by atoms with van der Waals surface area (Å²) in [5.41, 5.74) is 2.11. The number of hydrogen-bond acceptors (Lipinski definition) is 5. The van der Waals surface area contributed by atoms with E-state index in [4.69, 9.17) is 18.6 Å². The van der Waals surface area contributed by atoms with Crippen LogP contribution in [0.4, 0.5) is 0 Å². The Morgan fingerprint density at radius 3 is 1.53 bits per heavy atom. The molecule has 1 aliphatic heterocycles. The molecule has 5 atom stereocenters. The second-order valence-electron chi connectivity index (χ2n) is 12.0. The Kier molecular flexibility index (Phi) is 10.9. The van der Waals surface area contributed by atoms with Gasteiger partial charge in [0.1, 0.15) is 18.3 Å². The Morgan fingerprint density at radius 2 is 1.09 bits per heavy atom. The van der Waals surface area contributed by atoms with Crippen LogP contribution >= 0.6 is 22.6 Å². The van der Waals surface area contributed by atoms with Crippen molar-refractivity contribution in [3.8, 4) is 0 Å². The number of alkyl halides is 1. The zero-order chi connectivity index (χ0) is 30.3. The van der Waals surface area contributed by atoms with Crippen molar-refractivity contribution in [3.63, 3.8) is 0 Å². The zero-order valence-corrected chi connectivity index (χ0v) is 28.2. The molecule has 0 radical (unpaired) electrons. The van der Waals surface area contributed by atoms with E-state index in [2.05, 4.69) is 104 Å². The van der Waals surface area contributed by atoms with Gasteiger partial charge in [-0.25, -0.2) is 0 Å². The molecule has 5 rings (SSSR count). The fourth-order valence-electron chi connectivity index (χ4n) is 5.89. The van der Waals surface area contributed by atoms with E-state index >= 15 is 0 Å². The van der Waals surface area contributed by atoms with Crippen molar-refractivity contribution in [3.05, 3.63) is 132 Å². The molecule has 5 nitrogen and oxygen atoms in total. The molecular formula is C36H41IO5Si. The van der Waals surface area contributed by atoms with E-state index < -0.39 is 26.8 Å². The molecule has 1 aliphatic rings. The van der Waals surface area contributed by atoms with Gasteiger partial charge >= 0.3 is 0 Å². The van der Waals surface area contributed by atoms with Gasteiger partial charge in [-0.1, -0.05) is 165 Å². The minimum Gasteiger partial charge on any atom is -0.405 e. The lowest BCUT2D eigenvalue weighted by Gasteiger charge is -2.46. The van der Waals surface area contributed by atoms with Crippen LogP contribution in [0.15, 0.2) is 121 Å². The quantitative estimate of drug-likeness (QED) is 0.113. The Balaban J connectivity index is 1.43. The van der Waals surface area contributed by atoms with Gasteiger partial charge in [0.2, 0.25) is 0 Å². The summed E-state index contributed by atoms with van der Waals surface area (Å²) in [7, 11) is -2.82. The first-order chi connectivity index (χ1) is 20.8. The molecule has 7 heteroatoms. The number of halogens is 1. The van der Waals surface area contributed by atoms with Crippen LogP contribution in [-0.2, 0) is 31.9 Å². The molecule has 43 heavy (non-hydrogen) atoms. The molecule has 0 unspecified atom stereocenters. The molecule has 0 saturated carbocycles. The highest BCUT2D eigenvalue weighted by Gasteiger charge is 2.52. The van der Waals surface area contributed by atoms with Crippen LogP contribution < -0.4 is 10.4 Å². The highest BCUT2D eigenvalue weighted by Crippen LogP contribution is 2.38. The Morgan fingerprint density at radius 1 is 0.674 bits per heavy atom. The van der Waals surface area contributed by atoms with Crippen molar-refractivity contribution < 1.29 is 23.7 Å². The number of ether oxygens (including phenoxy) is 3. The molecule has 1 saturated heterocycles. The van der Waals surface area contributed by atoms with Gasteiger partial charge in [-0.15, -0.1) is 0 Å². The third kappa shape index (κ3) is 7.48. The lowest BCUT2D eigenvalue weighted by molar-refractivity contribution is -0.265. The van der Waals surface area contributed by atoms with Crippen LogP contribution in [0.1, 0.15) is 31.9 Å². The van der Waals surface area contributed by atoms with Crippen molar-refractivity contribution in [2.24, 2.45) is 0 Å². The van der Waals surface area contributed by atoms with Gasteiger partial charge in [-0.3, -0.25) is 0 Å². The Labute approximate surface area is 270 Å². The first-order valence-corrected chi connectivity index (χ1v) is 18.0. The summed E-state index contributed by atoms with van der Waals surface area (Å²) in [6.45, 7) is 7.84. The monoisotopic (exact) mass is 708 g/mol. The summed E-state index contributed by atoms with van der Waals surface area (Å²) in [4.78, 5) is 0. The molecule has 1 fully saturated rings. The first kappa shape index (κ1) is 32.0. The van der Waals surface area contributed by atoms with Crippen LogP contribution in [0, 0.1) is 0 Å². The van der Waals surface area contributed by atoms with E-state index in [-0.39, 0.29) is 21.7 Å². The van der Waals surface area contributed by atoms with Crippen molar-refractivity contribution in [2.75, 3.05) is 6.61 Å². The number of benzene rings is 4. The number of rotatable bonds is 11. The molecule has 0 bridgehead atoms. The van der Waals surface area contributed by atoms with Crippen molar-refractivity contribution in [1.29, 1.82) is 0 Å². The summed E-state index contributed by atoms with van der Waals surface area (Å²) < 4.78 is 26.3. The summed E-state index contributed by atoms with van der Waals surface area (Å²) in [5, 5.41) is 13.5. The summed E-state index contributed by atoms with van der Waals surface area (Å²) >= 11 is 2.36. The van der Waals surface area contributed by atoms with E-state index in [1.807, 2.05) is 60.7 Å². The topological polar surface area (TPSA) is 57.2 Å². The van der Waals surface area contributed by atoms with E-state index in [9.17, 15) is 5.11 Å². The van der Waals surface area contributed by atoms with Gasteiger partial charge in [0, 0.05) is 0 Å². The molecule has 1 N–H and O–H groups in total. The van der Waals surface area contributed by atoms with Gasteiger partial charge in [-0.05, 0) is 26.5 Å². The summed E-state index contributed by atoms with van der Waals surface area (Å²) in [6.07, 6.45) is -2.55. The van der Waals surface area contributed by atoms with E-state index in [1.54, 1.807) is 0 Å². The normalized spacial score (nSPS) is 22.8. The molecular weight excluding hydrogens is 667 g/mol. The van der Waals surface area contributed by atoms with E-state index in [0.29, 0.717) is 13.2 Å². The number of aliphatic hydroxyl groups is 1. The number of aliphatic hydroxyl groups excluding tert-OH is 1. The predicted octanol–water partition coefficient (Wildman–Crippen LogP) is 6.25. The van der Waals surface area contributed by atoms with Crippen LogP contribution in [0.3, 0.4) is 0 Å². The van der Waals surface area contributed by atoms with E-state index in [1.165, 1.54) is 10.4 Å². The third-order valence-electron chi connectivity index (χ3n) is 8.04. The smallest absolute Gasteiger partial charge is 0.261 e. The second-order valence-corrected chi connectivity index (χ2v) is 17.8. The molecule has 4 aromatic rings. The van der Waals surface area contributed by atoms with Crippen molar-refractivity contribution in [2.45, 2.75) is 67.5 Å². The average molecular weight is 709 g/mol. The van der Waals surface area contributed by atoms with Crippen LogP contribution in [-0.4, -0.2) is 48.6 Å². The molecule has 0 amide bonds. The van der Waals surface area contributed by atoms with Crippen molar-refractivity contribution >= 4 is 41.3 Å². The minimum absolute atomic E-state index is 0.179. The van der Waals surface area contributed by atoms with Gasteiger partial charge < -0.3 is 23.7 Å². The maximum absolute atomic E-state index is 11.3. The largest absolute Gasteiger partial charge is 0.405 e. The zero-order valence-electron chi connectivity index (χ0n) is 25.0. The lowest BCUT2D eigenvalue weighted by atomic mass is 10.0. The van der Waals surface area contributed by atoms with Crippen LogP contribution in [0.2, 0.25) is 5.04 Å². The lowest BCUT2D eigenvalue weighted by Crippen LogP contribution is -2.68. The highest BCUT2D eigenvalue weighted by molar-refractivity contribution is 14.1. The standard InChI is InChI=1S/C36H41IO5Si/c1-36(2,3)43(29-20-12-6-13-21-29,30-22-14-7-15-23-30)41-26-31-33(39-24-27-16-8-4-9-17-27)32(37)34(35(38)42-31)40-25-28-18-10-5-11-19-28/h4-23,31-35,38H,24-26H2,1-3H3/t31-,32-,33-,34+,35+/m1/s1. The molecule has 226 valence electrons. The van der Waals surface area contributed by atoms with Gasteiger partial charge in [0.05, 0.1) is 23.7 Å². The Bertz CT molecular complexity index is 1350. The average Bonchev–Trinajstić information content (AvgIpc) is 3.02. The summed E-state index contributed by atoms with van der Waals surface area (Å²) in [5.74, 6) is 0. The van der Waals surface area contributed by atoms with Crippen molar-refractivity contribution in [1.82, 2.24) is 0 Å². The fourth-order valence-corrected chi connectivity index (χ4v) is 11.7. The van der Waals surface area contributed by atoms with Gasteiger partial charge in [-0.2, -0.15) is 0 Å². The fraction of sp³-hybridized carbons (Fsp3) is 0.333. The third-order valence-corrected chi connectivity index (χ3v) is 14.5.